The van der Waals surface area contributed by atoms with Crippen LogP contribution >= 0.6 is 15.9 Å². The van der Waals surface area contributed by atoms with Gasteiger partial charge >= 0.3 is 6.03 Å². The summed E-state index contributed by atoms with van der Waals surface area (Å²) < 4.78 is 23.1. The smallest absolute Gasteiger partial charge is 0.315 e. The molecular weight excluding hydrogens is 332 g/mol. The van der Waals surface area contributed by atoms with E-state index in [9.17, 15) is 13.2 Å². The van der Waals surface area contributed by atoms with Gasteiger partial charge in [0.15, 0.2) is 0 Å². The molecular formula is C12H17BrN2O3S. The monoisotopic (exact) mass is 348 g/mol. The number of hydrogen-bond donors (Lipinski definition) is 2. The fourth-order valence-electron chi connectivity index (χ4n) is 1.59. The summed E-state index contributed by atoms with van der Waals surface area (Å²) in [5.41, 5.74) is 0.952. The van der Waals surface area contributed by atoms with Crippen LogP contribution in [-0.2, 0) is 16.4 Å². The molecule has 0 aromatic heterocycles. The molecule has 7 heteroatoms. The van der Waals surface area contributed by atoms with Crippen LogP contribution in [-0.4, -0.2) is 32.5 Å². The maximum Gasteiger partial charge on any atom is 0.315 e. The van der Waals surface area contributed by atoms with Crippen molar-refractivity contribution >= 4 is 31.8 Å². The van der Waals surface area contributed by atoms with Crippen molar-refractivity contribution in [2.75, 3.05) is 12.0 Å². The van der Waals surface area contributed by atoms with E-state index in [2.05, 4.69) is 26.6 Å². The Morgan fingerprint density at radius 1 is 1.37 bits per heavy atom. The SMILES string of the molecule is CC(CS(C)(=O)=O)NC(=O)NCc1ccccc1Br. The predicted molar refractivity (Wildman–Crippen MR) is 78.7 cm³/mol. The fraction of sp³-hybridized carbons (Fsp3) is 0.417. The highest BCUT2D eigenvalue weighted by Gasteiger charge is 2.12. The highest BCUT2D eigenvalue weighted by atomic mass is 79.9. The molecule has 1 atom stereocenters. The lowest BCUT2D eigenvalue weighted by atomic mass is 10.2. The minimum Gasteiger partial charge on any atom is -0.335 e. The van der Waals surface area contributed by atoms with E-state index < -0.39 is 15.9 Å². The van der Waals surface area contributed by atoms with Crippen molar-refractivity contribution in [1.29, 1.82) is 0 Å². The number of halogens is 1. The number of rotatable bonds is 5. The molecule has 2 N–H and O–H groups in total. The third-order valence-electron chi connectivity index (χ3n) is 2.33. The van der Waals surface area contributed by atoms with Crippen LogP contribution in [0.25, 0.3) is 0 Å². The molecule has 1 unspecified atom stereocenters. The Morgan fingerprint density at radius 3 is 2.58 bits per heavy atom. The molecule has 1 aromatic carbocycles. The topological polar surface area (TPSA) is 75.3 Å². The van der Waals surface area contributed by atoms with Crippen LogP contribution in [0.3, 0.4) is 0 Å². The third-order valence-corrected chi connectivity index (χ3v) is 4.21. The summed E-state index contributed by atoms with van der Waals surface area (Å²) in [7, 11) is -3.09. The van der Waals surface area contributed by atoms with Crippen LogP contribution < -0.4 is 10.6 Å². The molecule has 5 nitrogen and oxygen atoms in total. The zero-order valence-corrected chi connectivity index (χ0v) is 13.2. The van der Waals surface area contributed by atoms with Gasteiger partial charge in [0.25, 0.3) is 0 Å². The van der Waals surface area contributed by atoms with Crippen molar-refractivity contribution in [3.8, 4) is 0 Å². The number of sulfone groups is 1. The van der Waals surface area contributed by atoms with Gasteiger partial charge in [0.05, 0.1) is 5.75 Å². The Morgan fingerprint density at radius 2 is 2.00 bits per heavy atom. The van der Waals surface area contributed by atoms with E-state index in [-0.39, 0.29) is 11.8 Å². The zero-order chi connectivity index (χ0) is 14.5. The molecule has 2 amide bonds. The summed E-state index contributed by atoms with van der Waals surface area (Å²) in [4.78, 5) is 11.6. The van der Waals surface area contributed by atoms with Gasteiger partial charge in [0, 0.05) is 23.3 Å². The molecule has 0 spiro atoms. The Bertz CT molecular complexity index is 546. The molecule has 0 aliphatic heterocycles. The molecule has 0 bridgehead atoms. The molecule has 0 aliphatic rings. The normalized spacial score (nSPS) is 12.8. The second-order valence-electron chi connectivity index (χ2n) is 4.41. The van der Waals surface area contributed by atoms with Crippen LogP contribution in [0.1, 0.15) is 12.5 Å². The molecule has 0 saturated carbocycles. The standard InChI is InChI=1S/C12H17BrN2O3S/c1-9(8-19(2,17)18)15-12(16)14-7-10-5-3-4-6-11(10)13/h3-6,9H,7-8H2,1-2H3,(H2,14,15,16). The first-order chi connectivity index (χ1) is 8.78. The Balaban J connectivity index is 2.42. The van der Waals surface area contributed by atoms with E-state index in [0.717, 1.165) is 16.3 Å². The second kappa shape index (κ2) is 6.91. The number of nitrogens with one attached hydrogen (secondary N) is 2. The van der Waals surface area contributed by atoms with Gasteiger partial charge in [0.2, 0.25) is 0 Å². The van der Waals surface area contributed by atoms with Crippen LogP contribution in [0.15, 0.2) is 28.7 Å². The van der Waals surface area contributed by atoms with Gasteiger partial charge in [-0.1, -0.05) is 34.1 Å². The first kappa shape index (κ1) is 16.0. The molecule has 0 radical (unpaired) electrons. The molecule has 1 rings (SSSR count). The predicted octanol–water partition coefficient (Wildman–Crippen LogP) is 1.68. The number of benzene rings is 1. The summed E-state index contributed by atoms with van der Waals surface area (Å²) in [5.74, 6) is -0.0740. The minimum absolute atomic E-state index is 0.0740. The molecule has 0 heterocycles. The highest BCUT2D eigenvalue weighted by molar-refractivity contribution is 9.10. The zero-order valence-electron chi connectivity index (χ0n) is 10.8. The van der Waals surface area contributed by atoms with Gasteiger partial charge in [-0.15, -0.1) is 0 Å². The molecule has 106 valence electrons. The molecule has 0 saturated heterocycles. The molecule has 19 heavy (non-hydrogen) atoms. The van der Waals surface area contributed by atoms with Crippen LogP contribution in [0, 0.1) is 0 Å². The van der Waals surface area contributed by atoms with Crippen molar-refractivity contribution in [3.05, 3.63) is 34.3 Å². The fourth-order valence-corrected chi connectivity index (χ4v) is 3.00. The quantitative estimate of drug-likeness (QED) is 0.849. The van der Waals surface area contributed by atoms with Crippen molar-refractivity contribution in [2.45, 2.75) is 19.5 Å². The van der Waals surface area contributed by atoms with Crippen LogP contribution in [0.4, 0.5) is 4.79 Å². The number of urea groups is 1. The largest absolute Gasteiger partial charge is 0.335 e. The van der Waals surface area contributed by atoms with Gasteiger partial charge in [-0.25, -0.2) is 13.2 Å². The maximum absolute atomic E-state index is 11.6. The second-order valence-corrected chi connectivity index (χ2v) is 7.45. The lowest BCUT2D eigenvalue weighted by molar-refractivity contribution is 0.238. The van der Waals surface area contributed by atoms with Crippen molar-refractivity contribution in [3.63, 3.8) is 0 Å². The lowest BCUT2D eigenvalue weighted by Crippen LogP contribution is -2.43. The van der Waals surface area contributed by atoms with Gasteiger partial charge in [-0.2, -0.15) is 0 Å². The average molecular weight is 349 g/mol. The summed E-state index contributed by atoms with van der Waals surface area (Å²) in [6.07, 6.45) is 1.14. The minimum atomic E-state index is -3.09. The van der Waals surface area contributed by atoms with Crippen molar-refractivity contribution in [2.24, 2.45) is 0 Å². The summed E-state index contributed by atoms with van der Waals surface area (Å²) in [6, 6.07) is 6.75. The lowest BCUT2D eigenvalue weighted by Gasteiger charge is -2.14. The Hall–Kier alpha value is -1.08. The van der Waals surface area contributed by atoms with Gasteiger partial charge in [0.1, 0.15) is 9.84 Å². The number of carbonyl (C=O) groups excluding carboxylic acids is 1. The number of amides is 2. The van der Waals surface area contributed by atoms with Crippen LogP contribution in [0.5, 0.6) is 0 Å². The van der Waals surface area contributed by atoms with Gasteiger partial charge < -0.3 is 10.6 Å². The molecule has 1 aromatic rings. The van der Waals surface area contributed by atoms with Crippen molar-refractivity contribution in [1.82, 2.24) is 10.6 Å². The van der Waals surface area contributed by atoms with E-state index in [0.29, 0.717) is 6.54 Å². The van der Waals surface area contributed by atoms with Gasteiger partial charge in [-0.05, 0) is 18.6 Å². The van der Waals surface area contributed by atoms with E-state index >= 15 is 0 Å². The average Bonchev–Trinajstić information content (AvgIpc) is 2.25. The van der Waals surface area contributed by atoms with E-state index in [4.69, 9.17) is 0 Å². The number of carbonyl (C=O) groups is 1. The maximum atomic E-state index is 11.6. The Labute approximate surface area is 121 Å². The first-order valence-electron chi connectivity index (χ1n) is 5.73. The van der Waals surface area contributed by atoms with Crippen LogP contribution in [0.2, 0.25) is 0 Å². The van der Waals surface area contributed by atoms with E-state index in [1.165, 1.54) is 0 Å². The summed E-state index contributed by atoms with van der Waals surface area (Å²) >= 11 is 3.39. The summed E-state index contributed by atoms with van der Waals surface area (Å²) in [5, 5.41) is 5.26. The van der Waals surface area contributed by atoms with E-state index in [1.807, 2.05) is 24.3 Å². The van der Waals surface area contributed by atoms with Crippen molar-refractivity contribution < 1.29 is 13.2 Å². The highest BCUT2D eigenvalue weighted by Crippen LogP contribution is 2.15. The third kappa shape index (κ3) is 6.58. The molecule has 0 fully saturated rings. The molecule has 0 aliphatic carbocycles. The Kier molecular flexibility index (Phi) is 5.81. The number of hydrogen-bond acceptors (Lipinski definition) is 3. The van der Waals surface area contributed by atoms with Gasteiger partial charge in [-0.3, -0.25) is 0 Å². The summed E-state index contributed by atoms with van der Waals surface area (Å²) in [6.45, 7) is 2.03. The van der Waals surface area contributed by atoms with E-state index in [1.54, 1.807) is 6.92 Å². The first-order valence-corrected chi connectivity index (χ1v) is 8.59.